The molecule has 1 heterocycles. The van der Waals surface area contributed by atoms with E-state index in [0.717, 1.165) is 19.3 Å². The standard InChI is InChI=1S/C22H35N5O3/c1-15(2)11-12-23-21(29)25-18-7-9-19(10-8-18)26-22(30)27-13-5-6-17(14-27)20(28)24-16(3)4/h7-10,15-17H,5-6,11-14H2,1-4H3,(H,24,28)(H,26,30)(H2,23,25,29)/t17-/m1/s1. The SMILES string of the molecule is CC(C)CCNC(=O)Nc1ccc(NC(=O)N2CCC[C@@H](C(=O)NC(C)C)C2)cc1. The van der Waals surface area contributed by atoms with Gasteiger partial charge in [0.05, 0.1) is 5.92 Å². The second-order valence-electron chi connectivity index (χ2n) is 8.52. The van der Waals surface area contributed by atoms with Crippen LogP contribution in [0.25, 0.3) is 0 Å². The third-order valence-corrected chi connectivity index (χ3v) is 4.91. The predicted molar refractivity (Wildman–Crippen MR) is 120 cm³/mol. The normalized spacial score (nSPS) is 16.3. The van der Waals surface area contributed by atoms with E-state index in [0.29, 0.717) is 36.9 Å². The highest BCUT2D eigenvalue weighted by Gasteiger charge is 2.28. The second-order valence-corrected chi connectivity index (χ2v) is 8.52. The molecule has 0 spiro atoms. The summed E-state index contributed by atoms with van der Waals surface area (Å²) in [6.07, 6.45) is 2.52. The largest absolute Gasteiger partial charge is 0.354 e. The van der Waals surface area contributed by atoms with Crippen LogP contribution in [-0.4, -0.2) is 48.5 Å². The van der Waals surface area contributed by atoms with E-state index < -0.39 is 0 Å². The van der Waals surface area contributed by atoms with Crippen molar-refractivity contribution in [1.29, 1.82) is 0 Å². The van der Waals surface area contributed by atoms with Crippen LogP contribution in [0.5, 0.6) is 0 Å². The lowest BCUT2D eigenvalue weighted by molar-refractivity contribution is -0.126. The number of piperidine rings is 1. The third kappa shape index (κ3) is 7.93. The van der Waals surface area contributed by atoms with Crippen LogP contribution in [0.15, 0.2) is 24.3 Å². The molecule has 0 aliphatic carbocycles. The second kappa shape index (κ2) is 11.4. The molecule has 4 N–H and O–H groups in total. The highest BCUT2D eigenvalue weighted by Crippen LogP contribution is 2.19. The van der Waals surface area contributed by atoms with E-state index in [1.165, 1.54) is 0 Å². The molecule has 0 unspecified atom stereocenters. The first kappa shape index (κ1) is 23.5. The summed E-state index contributed by atoms with van der Waals surface area (Å²) >= 11 is 0. The van der Waals surface area contributed by atoms with Gasteiger partial charge in [0.25, 0.3) is 0 Å². The minimum atomic E-state index is -0.244. The summed E-state index contributed by atoms with van der Waals surface area (Å²) in [6, 6.07) is 6.60. The van der Waals surface area contributed by atoms with Crippen molar-refractivity contribution in [3.8, 4) is 0 Å². The number of urea groups is 2. The van der Waals surface area contributed by atoms with Crippen LogP contribution in [0.3, 0.4) is 0 Å². The number of anilines is 2. The number of hydrogen-bond acceptors (Lipinski definition) is 3. The van der Waals surface area contributed by atoms with Gasteiger partial charge in [-0.15, -0.1) is 0 Å². The molecule has 1 saturated heterocycles. The Balaban J connectivity index is 1.82. The van der Waals surface area contributed by atoms with Crippen LogP contribution in [0.1, 0.15) is 47.0 Å². The molecule has 0 aromatic heterocycles. The number of nitrogens with zero attached hydrogens (tertiary/aromatic N) is 1. The molecule has 1 aliphatic heterocycles. The summed E-state index contributed by atoms with van der Waals surface area (Å²) in [5, 5.41) is 11.4. The maximum atomic E-state index is 12.6. The molecule has 0 radical (unpaired) electrons. The van der Waals surface area contributed by atoms with Crippen molar-refractivity contribution in [3.05, 3.63) is 24.3 Å². The molecular formula is C22H35N5O3. The molecule has 8 heteroatoms. The molecule has 2 rings (SSSR count). The van der Waals surface area contributed by atoms with E-state index in [-0.39, 0.29) is 29.9 Å². The van der Waals surface area contributed by atoms with Crippen molar-refractivity contribution in [3.63, 3.8) is 0 Å². The average molecular weight is 418 g/mol. The van der Waals surface area contributed by atoms with Gasteiger partial charge in [0, 0.05) is 37.1 Å². The van der Waals surface area contributed by atoms with E-state index in [4.69, 9.17) is 0 Å². The fraction of sp³-hybridized carbons (Fsp3) is 0.591. The number of likely N-dealkylation sites (tertiary alicyclic amines) is 1. The Kier molecular flexibility index (Phi) is 8.95. The van der Waals surface area contributed by atoms with Gasteiger partial charge in [-0.1, -0.05) is 13.8 Å². The van der Waals surface area contributed by atoms with Crippen molar-refractivity contribution in [2.75, 3.05) is 30.3 Å². The molecular weight excluding hydrogens is 382 g/mol. The third-order valence-electron chi connectivity index (χ3n) is 4.91. The lowest BCUT2D eigenvalue weighted by Crippen LogP contribution is -2.47. The molecule has 1 aromatic carbocycles. The van der Waals surface area contributed by atoms with Crippen LogP contribution in [-0.2, 0) is 4.79 Å². The molecule has 5 amide bonds. The summed E-state index contributed by atoms with van der Waals surface area (Å²) in [4.78, 5) is 38.4. The number of carbonyl (C=O) groups excluding carboxylic acids is 3. The lowest BCUT2D eigenvalue weighted by Gasteiger charge is -2.32. The fourth-order valence-electron chi connectivity index (χ4n) is 3.27. The molecule has 1 aliphatic rings. The molecule has 1 aromatic rings. The topological polar surface area (TPSA) is 103 Å². The number of benzene rings is 1. The Morgan fingerprint density at radius 1 is 1.03 bits per heavy atom. The van der Waals surface area contributed by atoms with E-state index in [2.05, 4.69) is 35.1 Å². The maximum absolute atomic E-state index is 12.6. The van der Waals surface area contributed by atoms with Crippen molar-refractivity contribution in [2.24, 2.45) is 11.8 Å². The number of carbonyl (C=O) groups is 3. The van der Waals surface area contributed by atoms with E-state index in [1.807, 2.05) is 13.8 Å². The minimum absolute atomic E-state index is 0.00426. The molecule has 0 bridgehead atoms. The summed E-state index contributed by atoms with van der Waals surface area (Å²) in [7, 11) is 0. The summed E-state index contributed by atoms with van der Waals surface area (Å²) in [5.41, 5.74) is 1.29. The zero-order chi connectivity index (χ0) is 22.1. The number of nitrogens with one attached hydrogen (secondary N) is 4. The van der Waals surface area contributed by atoms with Crippen molar-refractivity contribution in [2.45, 2.75) is 53.0 Å². The highest BCUT2D eigenvalue weighted by atomic mass is 16.2. The monoisotopic (exact) mass is 417 g/mol. The maximum Gasteiger partial charge on any atom is 0.321 e. The van der Waals surface area contributed by atoms with Gasteiger partial charge in [0.1, 0.15) is 0 Å². The Hall–Kier alpha value is -2.77. The van der Waals surface area contributed by atoms with E-state index in [1.54, 1.807) is 29.2 Å². The van der Waals surface area contributed by atoms with Gasteiger partial charge in [-0.3, -0.25) is 4.79 Å². The molecule has 1 fully saturated rings. The van der Waals surface area contributed by atoms with Crippen LogP contribution < -0.4 is 21.3 Å². The van der Waals surface area contributed by atoms with Gasteiger partial charge in [0.2, 0.25) is 5.91 Å². The van der Waals surface area contributed by atoms with E-state index in [9.17, 15) is 14.4 Å². The van der Waals surface area contributed by atoms with Gasteiger partial charge in [-0.25, -0.2) is 9.59 Å². The summed E-state index contributed by atoms with van der Waals surface area (Å²) in [5.74, 6) is 0.366. The molecule has 0 saturated carbocycles. The van der Waals surface area contributed by atoms with Crippen molar-refractivity contribution in [1.82, 2.24) is 15.5 Å². The average Bonchev–Trinajstić information content (AvgIpc) is 2.68. The Morgan fingerprint density at radius 3 is 2.27 bits per heavy atom. The number of amides is 5. The van der Waals surface area contributed by atoms with Gasteiger partial charge >= 0.3 is 12.1 Å². The molecule has 8 nitrogen and oxygen atoms in total. The van der Waals surface area contributed by atoms with Gasteiger partial charge in [-0.05, 0) is 63.3 Å². The first-order valence-corrected chi connectivity index (χ1v) is 10.8. The summed E-state index contributed by atoms with van der Waals surface area (Å²) in [6.45, 7) is 9.75. The Morgan fingerprint density at radius 2 is 1.67 bits per heavy atom. The fourth-order valence-corrected chi connectivity index (χ4v) is 3.27. The van der Waals surface area contributed by atoms with Gasteiger partial charge in [0.15, 0.2) is 0 Å². The van der Waals surface area contributed by atoms with Crippen LogP contribution in [0.2, 0.25) is 0 Å². The van der Waals surface area contributed by atoms with Gasteiger partial charge < -0.3 is 26.2 Å². The minimum Gasteiger partial charge on any atom is -0.354 e. The number of hydrogen-bond donors (Lipinski definition) is 4. The lowest BCUT2D eigenvalue weighted by atomic mass is 9.97. The van der Waals surface area contributed by atoms with E-state index >= 15 is 0 Å². The smallest absolute Gasteiger partial charge is 0.321 e. The molecule has 166 valence electrons. The first-order valence-electron chi connectivity index (χ1n) is 10.8. The molecule has 30 heavy (non-hydrogen) atoms. The Bertz CT molecular complexity index is 718. The Labute approximate surface area is 179 Å². The quantitative estimate of drug-likeness (QED) is 0.545. The first-order chi connectivity index (χ1) is 14.2. The molecule has 1 atom stereocenters. The number of rotatable bonds is 7. The highest BCUT2D eigenvalue weighted by molar-refractivity contribution is 5.92. The zero-order valence-electron chi connectivity index (χ0n) is 18.5. The van der Waals surface area contributed by atoms with Crippen LogP contribution in [0, 0.1) is 11.8 Å². The van der Waals surface area contributed by atoms with Crippen LogP contribution >= 0.6 is 0 Å². The predicted octanol–water partition coefficient (Wildman–Crippen LogP) is 3.62. The van der Waals surface area contributed by atoms with Crippen molar-refractivity contribution >= 4 is 29.3 Å². The summed E-state index contributed by atoms with van der Waals surface area (Å²) < 4.78 is 0. The zero-order valence-corrected chi connectivity index (χ0v) is 18.5. The van der Waals surface area contributed by atoms with Crippen LogP contribution in [0.4, 0.5) is 21.0 Å². The van der Waals surface area contributed by atoms with Gasteiger partial charge in [-0.2, -0.15) is 0 Å². The van der Waals surface area contributed by atoms with Crippen molar-refractivity contribution < 1.29 is 14.4 Å².